The molecular formula is C20H23NO4S. The summed E-state index contributed by atoms with van der Waals surface area (Å²) in [4.78, 5) is 12.0. The Morgan fingerprint density at radius 2 is 1.58 bits per heavy atom. The van der Waals surface area contributed by atoms with E-state index in [0.717, 1.165) is 18.4 Å². The van der Waals surface area contributed by atoms with Gasteiger partial charge in [-0.2, -0.15) is 0 Å². The number of carbonyl (C=O) groups is 1. The fraction of sp³-hybridized carbons (Fsp3) is 0.350. The van der Waals surface area contributed by atoms with Gasteiger partial charge in [0.25, 0.3) is 0 Å². The molecule has 2 N–H and O–H groups in total. The molecule has 26 heavy (non-hydrogen) atoms. The summed E-state index contributed by atoms with van der Waals surface area (Å²) in [6.07, 6.45) is 2.77. The maximum atomic E-state index is 12.2. The third kappa shape index (κ3) is 5.16. The zero-order valence-corrected chi connectivity index (χ0v) is 15.4. The Kier molecular flexibility index (Phi) is 5.74. The molecule has 0 aromatic heterocycles. The lowest BCUT2D eigenvalue weighted by Gasteiger charge is -2.08. The van der Waals surface area contributed by atoms with Crippen molar-refractivity contribution in [3.05, 3.63) is 54.1 Å². The number of carbonyl (C=O) groups excluding carboxylic acids is 1. The van der Waals surface area contributed by atoms with Crippen molar-refractivity contribution in [1.29, 1.82) is 0 Å². The lowest BCUT2D eigenvalue weighted by atomic mass is 10.1. The van der Waals surface area contributed by atoms with Crippen LogP contribution >= 0.6 is 0 Å². The highest BCUT2D eigenvalue weighted by Gasteiger charge is 2.28. The summed E-state index contributed by atoms with van der Waals surface area (Å²) < 4.78 is 30.2. The molecule has 0 saturated heterocycles. The van der Waals surface area contributed by atoms with Crippen LogP contribution in [0.4, 0.5) is 0 Å². The lowest BCUT2D eigenvalue weighted by Crippen LogP contribution is -2.09. The standard InChI is InChI=1S/C20H23NO4S/c21-12-11-17(22)13-15-3-5-18(6-4-15)25-19-7-9-20(10-8-19)26(23,24)14-16-1-2-16/h3-10,16H,1-2,11-14,21H2. The fourth-order valence-electron chi connectivity index (χ4n) is 2.69. The van der Waals surface area contributed by atoms with E-state index in [1.54, 1.807) is 36.4 Å². The van der Waals surface area contributed by atoms with Gasteiger partial charge in [-0.1, -0.05) is 12.1 Å². The van der Waals surface area contributed by atoms with Crippen LogP contribution in [0, 0.1) is 5.92 Å². The van der Waals surface area contributed by atoms with Crippen LogP contribution in [0.1, 0.15) is 24.8 Å². The number of benzene rings is 2. The van der Waals surface area contributed by atoms with E-state index in [1.165, 1.54) is 0 Å². The summed E-state index contributed by atoms with van der Waals surface area (Å²) in [6, 6.07) is 13.8. The molecule has 6 heteroatoms. The average Bonchev–Trinajstić information content (AvgIpc) is 3.41. The van der Waals surface area contributed by atoms with E-state index in [-0.39, 0.29) is 11.5 Å². The van der Waals surface area contributed by atoms with E-state index in [9.17, 15) is 13.2 Å². The SMILES string of the molecule is NCCC(=O)Cc1ccc(Oc2ccc(S(=O)(=O)CC3CC3)cc2)cc1. The zero-order valence-electron chi connectivity index (χ0n) is 14.6. The van der Waals surface area contributed by atoms with Gasteiger partial charge < -0.3 is 10.5 Å². The summed E-state index contributed by atoms with van der Waals surface area (Å²) in [5.74, 6) is 1.88. The molecule has 0 aliphatic heterocycles. The molecule has 138 valence electrons. The van der Waals surface area contributed by atoms with E-state index in [0.29, 0.717) is 41.7 Å². The first-order chi connectivity index (χ1) is 12.5. The van der Waals surface area contributed by atoms with Crippen molar-refractivity contribution in [2.45, 2.75) is 30.6 Å². The Bertz CT molecular complexity index is 854. The number of sulfone groups is 1. The zero-order chi connectivity index (χ0) is 18.6. The first kappa shape index (κ1) is 18.6. The molecule has 1 saturated carbocycles. The molecule has 0 radical (unpaired) electrons. The minimum Gasteiger partial charge on any atom is -0.457 e. The molecule has 0 atom stereocenters. The molecule has 0 unspecified atom stereocenters. The summed E-state index contributed by atoms with van der Waals surface area (Å²) in [6.45, 7) is 0.367. The van der Waals surface area contributed by atoms with Crippen molar-refractivity contribution < 1.29 is 17.9 Å². The molecule has 1 fully saturated rings. The van der Waals surface area contributed by atoms with Crippen molar-refractivity contribution in [3.63, 3.8) is 0 Å². The second-order valence-corrected chi connectivity index (χ2v) is 8.73. The molecule has 3 rings (SSSR count). The number of ether oxygens (including phenoxy) is 1. The van der Waals surface area contributed by atoms with Crippen LogP contribution in [0.3, 0.4) is 0 Å². The quantitative estimate of drug-likeness (QED) is 0.730. The smallest absolute Gasteiger partial charge is 0.178 e. The van der Waals surface area contributed by atoms with E-state index in [1.807, 2.05) is 12.1 Å². The van der Waals surface area contributed by atoms with Crippen LogP contribution in [0.15, 0.2) is 53.4 Å². The maximum Gasteiger partial charge on any atom is 0.178 e. The lowest BCUT2D eigenvalue weighted by molar-refractivity contribution is -0.118. The summed E-state index contributed by atoms with van der Waals surface area (Å²) in [7, 11) is -3.21. The van der Waals surface area contributed by atoms with Crippen LogP contribution in [-0.4, -0.2) is 26.5 Å². The van der Waals surface area contributed by atoms with E-state index in [2.05, 4.69) is 0 Å². The highest BCUT2D eigenvalue weighted by molar-refractivity contribution is 7.91. The van der Waals surface area contributed by atoms with Gasteiger partial charge in [0.05, 0.1) is 10.6 Å². The molecule has 1 aliphatic rings. The fourth-order valence-corrected chi connectivity index (χ4v) is 4.39. The minimum absolute atomic E-state index is 0.115. The second kappa shape index (κ2) is 8.01. The average molecular weight is 373 g/mol. The maximum absolute atomic E-state index is 12.2. The largest absolute Gasteiger partial charge is 0.457 e. The van der Waals surface area contributed by atoms with Gasteiger partial charge in [-0.15, -0.1) is 0 Å². The van der Waals surface area contributed by atoms with Gasteiger partial charge in [-0.3, -0.25) is 4.79 Å². The van der Waals surface area contributed by atoms with Crippen LogP contribution in [0.2, 0.25) is 0 Å². The van der Waals surface area contributed by atoms with Gasteiger partial charge in [0.15, 0.2) is 9.84 Å². The number of nitrogens with two attached hydrogens (primary N) is 1. The van der Waals surface area contributed by atoms with Gasteiger partial charge >= 0.3 is 0 Å². The van der Waals surface area contributed by atoms with E-state index in [4.69, 9.17) is 10.5 Å². The Morgan fingerprint density at radius 1 is 1.00 bits per heavy atom. The van der Waals surface area contributed by atoms with Crippen LogP contribution < -0.4 is 10.5 Å². The monoisotopic (exact) mass is 373 g/mol. The molecule has 0 heterocycles. The molecule has 0 spiro atoms. The third-order valence-corrected chi connectivity index (χ3v) is 6.22. The number of hydrogen-bond donors (Lipinski definition) is 1. The van der Waals surface area contributed by atoms with Crippen LogP contribution in [0.25, 0.3) is 0 Å². The van der Waals surface area contributed by atoms with E-state index < -0.39 is 9.84 Å². The Hall–Kier alpha value is -2.18. The van der Waals surface area contributed by atoms with E-state index >= 15 is 0 Å². The van der Waals surface area contributed by atoms with Gasteiger partial charge in [-0.25, -0.2) is 8.42 Å². The predicted octanol–water partition coefficient (Wildman–Crippen LogP) is 3.12. The highest BCUT2D eigenvalue weighted by atomic mass is 32.2. The number of hydrogen-bond acceptors (Lipinski definition) is 5. The first-order valence-electron chi connectivity index (χ1n) is 8.77. The molecule has 2 aromatic carbocycles. The van der Waals surface area contributed by atoms with Crippen molar-refractivity contribution in [1.82, 2.24) is 0 Å². The topological polar surface area (TPSA) is 86.5 Å². The van der Waals surface area contributed by atoms with Crippen LogP contribution in [-0.2, 0) is 21.1 Å². The summed E-state index contributed by atoms with van der Waals surface area (Å²) in [5, 5.41) is 0. The second-order valence-electron chi connectivity index (χ2n) is 6.70. The summed E-state index contributed by atoms with van der Waals surface area (Å²) in [5.41, 5.74) is 6.29. The molecule has 0 bridgehead atoms. The van der Waals surface area contributed by atoms with Crippen molar-refractivity contribution >= 4 is 15.6 Å². The number of Topliss-reactive ketones (excluding diaryl/α,β-unsaturated/α-hetero) is 1. The molecule has 1 aliphatic carbocycles. The number of ketones is 1. The Labute approximate surface area is 154 Å². The van der Waals surface area contributed by atoms with Crippen molar-refractivity contribution in [2.24, 2.45) is 11.7 Å². The molecule has 5 nitrogen and oxygen atoms in total. The molecule has 2 aromatic rings. The molecular weight excluding hydrogens is 350 g/mol. The Morgan fingerprint density at radius 3 is 2.12 bits per heavy atom. The first-order valence-corrected chi connectivity index (χ1v) is 10.4. The van der Waals surface area contributed by atoms with Crippen molar-refractivity contribution in [2.75, 3.05) is 12.3 Å². The van der Waals surface area contributed by atoms with Gasteiger partial charge in [0.2, 0.25) is 0 Å². The van der Waals surface area contributed by atoms with Gasteiger partial charge in [0.1, 0.15) is 17.3 Å². The predicted molar refractivity (Wildman–Crippen MR) is 100 cm³/mol. The van der Waals surface area contributed by atoms with Gasteiger partial charge in [0, 0.05) is 12.8 Å². The Balaban J connectivity index is 1.61. The highest BCUT2D eigenvalue weighted by Crippen LogP contribution is 2.32. The normalized spacial score (nSPS) is 14.2. The number of rotatable bonds is 9. The van der Waals surface area contributed by atoms with Crippen molar-refractivity contribution in [3.8, 4) is 11.5 Å². The van der Waals surface area contributed by atoms with Crippen LogP contribution in [0.5, 0.6) is 11.5 Å². The third-order valence-electron chi connectivity index (χ3n) is 4.32. The van der Waals surface area contributed by atoms with Gasteiger partial charge in [-0.05, 0) is 67.3 Å². The molecule has 0 amide bonds. The summed E-state index contributed by atoms with van der Waals surface area (Å²) >= 11 is 0. The minimum atomic E-state index is -3.21.